The molecule has 118 valence electrons. The van der Waals surface area contributed by atoms with Gasteiger partial charge in [-0.2, -0.15) is 5.10 Å². The molecule has 1 aliphatic carbocycles. The molecule has 2 aromatic rings. The zero-order chi connectivity index (χ0) is 16.1. The number of nitrogens with zero attached hydrogens (tertiary/aromatic N) is 3. The van der Waals surface area contributed by atoms with Crippen molar-refractivity contribution in [3.8, 4) is 0 Å². The van der Waals surface area contributed by atoms with Crippen molar-refractivity contribution in [3.63, 3.8) is 0 Å². The highest BCUT2D eigenvalue weighted by Gasteiger charge is 2.56. The van der Waals surface area contributed by atoms with Gasteiger partial charge in [-0.1, -0.05) is 11.6 Å². The molecule has 22 heavy (non-hydrogen) atoms. The van der Waals surface area contributed by atoms with Crippen LogP contribution in [-0.2, 0) is 14.9 Å². The van der Waals surface area contributed by atoms with Crippen LogP contribution in [0.2, 0.25) is 5.15 Å². The molecule has 0 amide bonds. The Bertz CT molecular complexity index is 738. The maximum atomic E-state index is 13.6. The molecule has 0 saturated heterocycles. The summed E-state index contributed by atoms with van der Waals surface area (Å²) in [6, 6.07) is 3.45. The minimum atomic E-state index is -1.08. The van der Waals surface area contributed by atoms with Gasteiger partial charge in [0.1, 0.15) is 22.6 Å². The number of carbonyl (C=O) groups is 1. The van der Waals surface area contributed by atoms with E-state index >= 15 is 0 Å². The Morgan fingerprint density at radius 3 is 2.77 bits per heavy atom. The molecule has 0 radical (unpaired) electrons. The first-order chi connectivity index (χ1) is 10.3. The highest BCUT2D eigenvalue weighted by molar-refractivity contribution is 6.29. The molecule has 2 heterocycles. The summed E-state index contributed by atoms with van der Waals surface area (Å²) in [6.45, 7) is 5.35. The van der Waals surface area contributed by atoms with E-state index in [1.807, 2.05) is 6.92 Å². The van der Waals surface area contributed by atoms with Gasteiger partial charge in [-0.15, -0.1) is 0 Å². The van der Waals surface area contributed by atoms with Crippen LogP contribution in [0.5, 0.6) is 0 Å². The summed E-state index contributed by atoms with van der Waals surface area (Å²) >= 11 is 5.95. The number of hydrogen-bond donors (Lipinski definition) is 0. The van der Waals surface area contributed by atoms with Crippen LogP contribution in [0.15, 0.2) is 12.1 Å². The standard InChI is InChI=1S/C15H17ClFN3O2/c1-8(2)22-14(21)15(6-10(17)7-15)13-18-9(3)11-4-5-12(16)19-20(11)13/h4-5,8,10H,6-7H2,1-3H3. The van der Waals surface area contributed by atoms with Gasteiger partial charge in [-0.3, -0.25) is 4.79 Å². The van der Waals surface area contributed by atoms with Crippen LogP contribution < -0.4 is 0 Å². The molecule has 0 atom stereocenters. The van der Waals surface area contributed by atoms with E-state index < -0.39 is 17.6 Å². The van der Waals surface area contributed by atoms with Gasteiger partial charge in [0.2, 0.25) is 0 Å². The second kappa shape index (κ2) is 5.19. The maximum Gasteiger partial charge on any atom is 0.320 e. The van der Waals surface area contributed by atoms with Gasteiger partial charge in [0.25, 0.3) is 0 Å². The Hall–Kier alpha value is -1.69. The number of carbonyl (C=O) groups excluding carboxylic acids is 1. The van der Waals surface area contributed by atoms with Gasteiger partial charge in [0.05, 0.1) is 17.3 Å². The monoisotopic (exact) mass is 325 g/mol. The Kier molecular flexibility index (Phi) is 3.59. The average Bonchev–Trinajstić information content (AvgIpc) is 2.71. The molecule has 1 saturated carbocycles. The third-order valence-electron chi connectivity index (χ3n) is 3.95. The molecule has 0 aliphatic heterocycles. The number of rotatable bonds is 3. The normalized spacial score (nSPS) is 24.5. The quantitative estimate of drug-likeness (QED) is 0.814. The van der Waals surface area contributed by atoms with Gasteiger partial charge < -0.3 is 4.74 Å². The van der Waals surface area contributed by atoms with Crippen molar-refractivity contribution in [3.05, 3.63) is 28.8 Å². The smallest absolute Gasteiger partial charge is 0.320 e. The summed E-state index contributed by atoms with van der Waals surface area (Å²) in [7, 11) is 0. The number of ether oxygens (including phenoxy) is 1. The van der Waals surface area contributed by atoms with Crippen LogP contribution >= 0.6 is 11.6 Å². The molecule has 3 rings (SSSR count). The molecule has 5 nitrogen and oxygen atoms in total. The number of imidazole rings is 1. The topological polar surface area (TPSA) is 56.5 Å². The number of esters is 1. The number of fused-ring (bicyclic) bond motifs is 1. The fourth-order valence-electron chi connectivity index (χ4n) is 2.87. The first kappa shape index (κ1) is 15.2. The van der Waals surface area contributed by atoms with Gasteiger partial charge in [0.15, 0.2) is 0 Å². The van der Waals surface area contributed by atoms with Crippen molar-refractivity contribution in [1.29, 1.82) is 0 Å². The molecular formula is C15H17ClFN3O2. The highest BCUT2D eigenvalue weighted by Crippen LogP contribution is 2.46. The Labute approximate surface area is 132 Å². The molecule has 0 N–H and O–H groups in total. The molecule has 1 aliphatic rings. The van der Waals surface area contributed by atoms with E-state index in [1.54, 1.807) is 26.0 Å². The zero-order valence-electron chi connectivity index (χ0n) is 12.6. The molecule has 7 heteroatoms. The van der Waals surface area contributed by atoms with Crippen LogP contribution in [0.3, 0.4) is 0 Å². The van der Waals surface area contributed by atoms with Gasteiger partial charge >= 0.3 is 5.97 Å². The first-order valence-electron chi connectivity index (χ1n) is 7.21. The summed E-state index contributed by atoms with van der Waals surface area (Å²) in [4.78, 5) is 17.0. The first-order valence-corrected chi connectivity index (χ1v) is 7.59. The minimum absolute atomic E-state index is 0.0608. The number of aromatic nitrogens is 3. The summed E-state index contributed by atoms with van der Waals surface area (Å²) < 4.78 is 20.5. The molecule has 1 fully saturated rings. The number of alkyl halides is 1. The van der Waals surface area contributed by atoms with Crippen LogP contribution in [0.1, 0.15) is 38.2 Å². The second-order valence-electron chi connectivity index (χ2n) is 6.02. The predicted octanol–water partition coefficient (Wildman–Crippen LogP) is 3.01. The Balaban J connectivity index is 2.14. The van der Waals surface area contributed by atoms with E-state index in [2.05, 4.69) is 10.1 Å². The van der Waals surface area contributed by atoms with E-state index in [0.29, 0.717) is 5.82 Å². The third-order valence-corrected chi connectivity index (χ3v) is 4.15. The SMILES string of the molecule is Cc1nc(C2(C(=O)OC(C)C)CC(F)C2)n2nc(Cl)ccc12. The predicted molar refractivity (Wildman–Crippen MR) is 79.8 cm³/mol. The lowest BCUT2D eigenvalue weighted by Crippen LogP contribution is -2.51. The van der Waals surface area contributed by atoms with Crippen LogP contribution in [0, 0.1) is 6.92 Å². The number of halogens is 2. The molecule has 0 bridgehead atoms. The lowest BCUT2D eigenvalue weighted by atomic mass is 9.66. The maximum absolute atomic E-state index is 13.6. The summed E-state index contributed by atoms with van der Waals surface area (Å²) in [5.41, 5.74) is 0.384. The minimum Gasteiger partial charge on any atom is -0.462 e. The van der Waals surface area contributed by atoms with Crippen LogP contribution in [0.4, 0.5) is 4.39 Å². The summed E-state index contributed by atoms with van der Waals surface area (Å²) in [5, 5.41) is 4.51. The molecule has 0 aromatic carbocycles. The van der Waals surface area contributed by atoms with Gasteiger partial charge in [-0.05, 0) is 32.9 Å². The van der Waals surface area contributed by atoms with Crippen molar-refractivity contribution >= 4 is 23.1 Å². The zero-order valence-corrected chi connectivity index (χ0v) is 13.4. The van der Waals surface area contributed by atoms with Crippen molar-refractivity contribution in [2.24, 2.45) is 0 Å². The summed E-state index contributed by atoms with van der Waals surface area (Å²) in [5.74, 6) is -0.0490. The lowest BCUT2D eigenvalue weighted by Gasteiger charge is -2.40. The highest BCUT2D eigenvalue weighted by atomic mass is 35.5. The number of aryl methyl sites for hydroxylation is 1. The van der Waals surface area contributed by atoms with E-state index in [9.17, 15) is 9.18 Å². The van der Waals surface area contributed by atoms with E-state index in [-0.39, 0.29) is 24.1 Å². The van der Waals surface area contributed by atoms with E-state index in [4.69, 9.17) is 16.3 Å². The largest absolute Gasteiger partial charge is 0.462 e. The van der Waals surface area contributed by atoms with Gasteiger partial charge in [-0.25, -0.2) is 13.9 Å². The molecule has 2 aromatic heterocycles. The number of hydrogen-bond acceptors (Lipinski definition) is 4. The van der Waals surface area contributed by atoms with Crippen LogP contribution in [-0.4, -0.2) is 32.8 Å². The third kappa shape index (κ3) is 2.26. The van der Waals surface area contributed by atoms with E-state index in [0.717, 1.165) is 11.2 Å². The van der Waals surface area contributed by atoms with Crippen molar-refractivity contribution in [2.45, 2.75) is 51.3 Å². The lowest BCUT2D eigenvalue weighted by molar-refractivity contribution is -0.162. The van der Waals surface area contributed by atoms with Crippen molar-refractivity contribution < 1.29 is 13.9 Å². The van der Waals surface area contributed by atoms with E-state index in [1.165, 1.54) is 4.52 Å². The van der Waals surface area contributed by atoms with Crippen molar-refractivity contribution in [2.75, 3.05) is 0 Å². The second-order valence-corrected chi connectivity index (χ2v) is 6.40. The molecular weight excluding hydrogens is 309 g/mol. The van der Waals surface area contributed by atoms with Crippen molar-refractivity contribution in [1.82, 2.24) is 14.6 Å². The Morgan fingerprint density at radius 2 is 2.18 bits per heavy atom. The molecule has 0 spiro atoms. The average molecular weight is 326 g/mol. The fraction of sp³-hybridized carbons (Fsp3) is 0.533. The summed E-state index contributed by atoms with van der Waals surface area (Å²) in [6.07, 6.45) is -1.19. The Morgan fingerprint density at radius 1 is 1.50 bits per heavy atom. The molecule has 0 unspecified atom stereocenters. The fourth-order valence-corrected chi connectivity index (χ4v) is 3.01. The van der Waals surface area contributed by atoms with Crippen LogP contribution in [0.25, 0.3) is 5.52 Å². The van der Waals surface area contributed by atoms with Gasteiger partial charge in [0, 0.05) is 12.8 Å².